The first-order chi connectivity index (χ1) is 15.1. The van der Waals surface area contributed by atoms with Crippen molar-refractivity contribution in [3.8, 4) is 6.07 Å². The number of nitrogens with zero attached hydrogens (tertiary/aromatic N) is 5. The molecule has 0 radical (unpaired) electrons. The van der Waals surface area contributed by atoms with Crippen molar-refractivity contribution in [1.82, 2.24) is 24.5 Å². The summed E-state index contributed by atoms with van der Waals surface area (Å²) in [4.78, 5) is 16.8. The Morgan fingerprint density at radius 2 is 2.13 bits per heavy atom. The molecule has 0 bridgehead atoms. The quantitative estimate of drug-likeness (QED) is 0.420. The maximum absolute atomic E-state index is 9.53. The summed E-state index contributed by atoms with van der Waals surface area (Å²) in [6, 6.07) is 9.50. The Morgan fingerprint density at radius 3 is 2.94 bits per heavy atom. The summed E-state index contributed by atoms with van der Waals surface area (Å²) >= 11 is 12.4. The third kappa shape index (κ3) is 3.85. The van der Waals surface area contributed by atoms with Crippen LogP contribution in [0.3, 0.4) is 0 Å². The average molecular weight is 452 g/mol. The SMILES string of the molecule is N#Cc1cc(NCc2cc(Cl)ccc2Cl)c2ncn([C@H]3CC[C@@H](c4ncc[nH]4)C3)c2n1. The van der Waals surface area contributed by atoms with Crippen molar-refractivity contribution in [1.29, 1.82) is 5.26 Å². The van der Waals surface area contributed by atoms with Gasteiger partial charge in [-0.15, -0.1) is 0 Å². The number of aromatic amines is 1. The van der Waals surface area contributed by atoms with Gasteiger partial charge in [0.05, 0.1) is 12.0 Å². The Morgan fingerprint density at radius 1 is 1.23 bits per heavy atom. The molecule has 2 N–H and O–H groups in total. The van der Waals surface area contributed by atoms with E-state index in [1.807, 2.05) is 18.6 Å². The largest absolute Gasteiger partial charge is 0.379 e. The fourth-order valence-electron chi connectivity index (χ4n) is 4.29. The van der Waals surface area contributed by atoms with E-state index < -0.39 is 0 Å². The average Bonchev–Trinajstić information content (AvgIpc) is 3.53. The van der Waals surface area contributed by atoms with Crippen LogP contribution in [0, 0.1) is 11.3 Å². The number of nitrogens with one attached hydrogen (secondary N) is 2. The minimum atomic E-state index is 0.261. The summed E-state index contributed by atoms with van der Waals surface area (Å²) in [7, 11) is 0. The van der Waals surface area contributed by atoms with E-state index in [1.54, 1.807) is 24.4 Å². The van der Waals surface area contributed by atoms with Crippen molar-refractivity contribution < 1.29 is 0 Å². The van der Waals surface area contributed by atoms with Crippen LogP contribution in [-0.4, -0.2) is 24.5 Å². The van der Waals surface area contributed by atoms with E-state index in [2.05, 4.69) is 35.9 Å². The number of nitriles is 1. The van der Waals surface area contributed by atoms with Gasteiger partial charge in [-0.2, -0.15) is 5.26 Å². The van der Waals surface area contributed by atoms with E-state index in [4.69, 9.17) is 23.2 Å². The number of benzene rings is 1. The van der Waals surface area contributed by atoms with Crippen molar-refractivity contribution in [3.05, 3.63) is 70.1 Å². The van der Waals surface area contributed by atoms with Gasteiger partial charge >= 0.3 is 0 Å². The van der Waals surface area contributed by atoms with E-state index in [1.165, 1.54) is 0 Å². The van der Waals surface area contributed by atoms with Crippen LogP contribution >= 0.6 is 23.2 Å². The number of aromatic nitrogens is 5. The van der Waals surface area contributed by atoms with E-state index >= 15 is 0 Å². The zero-order valence-electron chi connectivity index (χ0n) is 16.5. The molecule has 5 rings (SSSR count). The second kappa shape index (κ2) is 8.22. The van der Waals surface area contributed by atoms with Crippen molar-refractivity contribution in [2.24, 2.45) is 0 Å². The van der Waals surface area contributed by atoms with Gasteiger partial charge in [0.15, 0.2) is 5.65 Å². The maximum Gasteiger partial charge on any atom is 0.163 e. The standard InChI is InChI=1S/C22H19Cl2N7/c23-15-2-4-18(24)14(7-15)11-28-19-9-16(10-25)30-22-20(19)29-12-31(22)17-3-1-13(8-17)21-26-5-6-27-21/h2,4-7,9,12-13,17H,1,3,8,11H2,(H,26,27)(H,28,30)/t13-,17+/m1/s1. The van der Waals surface area contributed by atoms with Crippen LogP contribution in [0.25, 0.3) is 11.2 Å². The number of anilines is 1. The fourth-order valence-corrected chi connectivity index (χ4v) is 4.67. The molecule has 0 saturated heterocycles. The van der Waals surface area contributed by atoms with Crippen molar-refractivity contribution in [2.45, 2.75) is 37.8 Å². The number of pyridine rings is 1. The van der Waals surface area contributed by atoms with Crippen LogP contribution in [0.1, 0.15) is 48.3 Å². The molecule has 0 spiro atoms. The van der Waals surface area contributed by atoms with Gasteiger partial charge < -0.3 is 14.9 Å². The minimum Gasteiger partial charge on any atom is -0.379 e. The predicted molar refractivity (Wildman–Crippen MR) is 120 cm³/mol. The van der Waals surface area contributed by atoms with E-state index in [-0.39, 0.29) is 6.04 Å². The molecular formula is C22H19Cl2N7. The van der Waals surface area contributed by atoms with E-state index in [9.17, 15) is 5.26 Å². The molecule has 156 valence electrons. The third-order valence-electron chi connectivity index (χ3n) is 5.83. The first-order valence-corrected chi connectivity index (χ1v) is 10.8. The summed E-state index contributed by atoms with van der Waals surface area (Å²) in [5.74, 6) is 1.41. The van der Waals surface area contributed by atoms with Crippen LogP contribution < -0.4 is 5.32 Å². The highest BCUT2D eigenvalue weighted by Crippen LogP contribution is 2.41. The molecule has 7 nitrogen and oxygen atoms in total. The summed E-state index contributed by atoms with van der Waals surface area (Å²) in [6.45, 7) is 0.459. The number of hydrogen-bond acceptors (Lipinski definition) is 5. The molecule has 31 heavy (non-hydrogen) atoms. The Bertz CT molecular complexity index is 1270. The molecule has 1 fully saturated rings. The Labute approximate surface area is 189 Å². The molecule has 0 amide bonds. The normalized spacial score (nSPS) is 18.4. The van der Waals surface area contributed by atoms with Crippen LogP contribution in [0.15, 0.2) is 43.0 Å². The fraction of sp³-hybridized carbons (Fsp3) is 0.273. The molecule has 3 aromatic heterocycles. The highest BCUT2D eigenvalue weighted by Gasteiger charge is 2.30. The van der Waals surface area contributed by atoms with Crippen molar-refractivity contribution in [3.63, 3.8) is 0 Å². The molecule has 2 atom stereocenters. The van der Waals surface area contributed by atoms with Crippen LogP contribution in [0.2, 0.25) is 10.0 Å². The van der Waals surface area contributed by atoms with Gasteiger partial charge in [0.1, 0.15) is 23.1 Å². The topological polar surface area (TPSA) is 95.2 Å². The van der Waals surface area contributed by atoms with E-state index in [0.717, 1.165) is 41.9 Å². The van der Waals surface area contributed by atoms with Crippen LogP contribution in [0.5, 0.6) is 0 Å². The molecule has 1 aliphatic carbocycles. The monoisotopic (exact) mass is 451 g/mol. The zero-order valence-corrected chi connectivity index (χ0v) is 18.0. The minimum absolute atomic E-state index is 0.261. The highest BCUT2D eigenvalue weighted by molar-refractivity contribution is 6.33. The molecule has 1 aliphatic rings. The summed E-state index contributed by atoms with van der Waals surface area (Å²) in [5, 5.41) is 14.1. The molecule has 1 aromatic carbocycles. The van der Waals surface area contributed by atoms with Crippen LogP contribution in [0.4, 0.5) is 5.69 Å². The van der Waals surface area contributed by atoms with Gasteiger partial charge in [0.2, 0.25) is 0 Å². The lowest BCUT2D eigenvalue weighted by Gasteiger charge is -2.14. The number of imidazole rings is 2. The predicted octanol–water partition coefficient (Wildman–Crippen LogP) is 5.45. The first-order valence-electron chi connectivity index (χ1n) is 10.1. The zero-order chi connectivity index (χ0) is 21.4. The summed E-state index contributed by atoms with van der Waals surface area (Å²) in [5.41, 5.74) is 3.41. The van der Waals surface area contributed by atoms with Gasteiger partial charge in [0.25, 0.3) is 0 Å². The van der Waals surface area contributed by atoms with Gasteiger partial charge in [-0.1, -0.05) is 23.2 Å². The lowest BCUT2D eigenvalue weighted by atomic mass is 10.1. The Hall–Kier alpha value is -3.08. The second-order valence-electron chi connectivity index (χ2n) is 7.72. The Kier molecular flexibility index (Phi) is 5.26. The smallest absolute Gasteiger partial charge is 0.163 e. The first kappa shape index (κ1) is 19.9. The van der Waals surface area contributed by atoms with Crippen LogP contribution in [-0.2, 0) is 6.54 Å². The van der Waals surface area contributed by atoms with Gasteiger partial charge in [-0.3, -0.25) is 0 Å². The molecule has 0 unspecified atom stereocenters. The van der Waals surface area contributed by atoms with Gasteiger partial charge in [0, 0.05) is 47.0 Å². The Balaban J connectivity index is 1.45. The third-order valence-corrected chi connectivity index (χ3v) is 6.43. The number of rotatable bonds is 5. The van der Waals surface area contributed by atoms with Gasteiger partial charge in [-0.25, -0.2) is 15.0 Å². The summed E-state index contributed by atoms with van der Waals surface area (Å²) in [6.07, 6.45) is 8.49. The molecule has 3 heterocycles. The summed E-state index contributed by atoms with van der Waals surface area (Å²) < 4.78 is 2.09. The molecular weight excluding hydrogens is 433 g/mol. The molecule has 0 aliphatic heterocycles. The number of halogens is 2. The van der Waals surface area contributed by atoms with Crippen molar-refractivity contribution in [2.75, 3.05) is 5.32 Å². The van der Waals surface area contributed by atoms with Gasteiger partial charge in [-0.05, 0) is 43.0 Å². The second-order valence-corrected chi connectivity index (χ2v) is 8.56. The highest BCUT2D eigenvalue weighted by atomic mass is 35.5. The molecule has 9 heteroatoms. The number of hydrogen-bond donors (Lipinski definition) is 2. The molecule has 1 saturated carbocycles. The maximum atomic E-state index is 9.53. The lowest BCUT2D eigenvalue weighted by Crippen LogP contribution is -2.07. The van der Waals surface area contributed by atoms with E-state index in [0.29, 0.717) is 33.8 Å². The number of H-pyrrole nitrogens is 1. The number of fused-ring (bicyclic) bond motifs is 1. The molecule has 4 aromatic rings. The van der Waals surface area contributed by atoms with Crippen molar-refractivity contribution >= 4 is 40.1 Å². The lowest BCUT2D eigenvalue weighted by molar-refractivity contribution is 0.517.